The van der Waals surface area contributed by atoms with Gasteiger partial charge in [0, 0.05) is 6.54 Å². The van der Waals surface area contributed by atoms with Crippen molar-refractivity contribution in [3.63, 3.8) is 0 Å². The van der Waals surface area contributed by atoms with Crippen LogP contribution in [0.25, 0.3) is 10.8 Å². The van der Waals surface area contributed by atoms with E-state index in [2.05, 4.69) is 13.2 Å². The highest BCUT2D eigenvalue weighted by Gasteiger charge is 2.36. The Morgan fingerprint density at radius 3 is 2.57 bits per heavy atom. The first kappa shape index (κ1) is 28.3. The molecule has 0 bridgehead atoms. The van der Waals surface area contributed by atoms with Crippen molar-refractivity contribution in [2.24, 2.45) is 0 Å². The van der Waals surface area contributed by atoms with Crippen LogP contribution in [0.2, 0.25) is 0 Å². The lowest BCUT2D eigenvalue weighted by atomic mass is 9.88. The number of likely N-dealkylation sites (tertiary alicyclic amines) is 1. The number of fused-ring (bicyclic) bond motifs is 1. The van der Waals surface area contributed by atoms with Gasteiger partial charge in [-0.2, -0.15) is 0 Å². The number of amides is 1. The van der Waals surface area contributed by atoms with Gasteiger partial charge in [0.05, 0.1) is 38.0 Å². The van der Waals surface area contributed by atoms with E-state index in [9.17, 15) is 9.59 Å². The first-order chi connectivity index (χ1) is 17.7. The standard InChI is InChI=1S/C30H39NO6/c1-7-9-10-18-36-21-11-12-23-25(28(32)34-6)14-13-24(26(23)19-21)27-20-22(35-17-8-2)15-16-31(27)29(33)37-30(3,4)5/h7-8,11-14,19,22,27H,1-2,9-10,15-18,20H2,3-6H3/t22-,27-/m1/s1. The van der Waals surface area contributed by atoms with E-state index in [1.54, 1.807) is 17.0 Å². The van der Waals surface area contributed by atoms with Crippen LogP contribution in [0.15, 0.2) is 55.6 Å². The summed E-state index contributed by atoms with van der Waals surface area (Å²) in [6, 6.07) is 9.01. The number of unbranched alkanes of at least 4 members (excludes halogenated alkanes) is 1. The summed E-state index contributed by atoms with van der Waals surface area (Å²) in [5.74, 6) is 0.273. The number of allylic oxidation sites excluding steroid dienone is 1. The van der Waals surface area contributed by atoms with Crippen LogP contribution in [-0.2, 0) is 14.2 Å². The van der Waals surface area contributed by atoms with Gasteiger partial charge in [-0.25, -0.2) is 9.59 Å². The van der Waals surface area contributed by atoms with E-state index in [1.165, 1.54) is 7.11 Å². The maximum absolute atomic E-state index is 13.3. The molecule has 0 N–H and O–H groups in total. The second kappa shape index (κ2) is 12.8. The molecule has 2 aromatic carbocycles. The Bertz CT molecular complexity index is 1120. The summed E-state index contributed by atoms with van der Waals surface area (Å²) in [5, 5.41) is 1.56. The Morgan fingerprint density at radius 2 is 1.89 bits per heavy atom. The molecule has 2 aromatic rings. The van der Waals surface area contributed by atoms with Gasteiger partial charge in [-0.3, -0.25) is 0 Å². The largest absolute Gasteiger partial charge is 0.494 e. The van der Waals surface area contributed by atoms with Gasteiger partial charge in [0.1, 0.15) is 11.4 Å². The molecule has 1 amide bonds. The molecule has 37 heavy (non-hydrogen) atoms. The molecule has 2 atom stereocenters. The molecule has 0 unspecified atom stereocenters. The van der Waals surface area contributed by atoms with Gasteiger partial charge in [-0.15, -0.1) is 13.2 Å². The predicted molar refractivity (Wildman–Crippen MR) is 145 cm³/mol. The van der Waals surface area contributed by atoms with Crippen LogP contribution in [0.1, 0.15) is 68.4 Å². The Morgan fingerprint density at radius 1 is 1.11 bits per heavy atom. The first-order valence-electron chi connectivity index (χ1n) is 12.8. The number of esters is 1. The lowest BCUT2D eigenvalue weighted by molar-refractivity contribution is -0.0251. The summed E-state index contributed by atoms with van der Waals surface area (Å²) in [6.45, 7) is 14.6. The van der Waals surface area contributed by atoms with Gasteiger partial charge >= 0.3 is 12.1 Å². The van der Waals surface area contributed by atoms with Gasteiger partial charge in [-0.1, -0.05) is 18.2 Å². The van der Waals surface area contributed by atoms with Crippen molar-refractivity contribution in [3.05, 3.63) is 66.8 Å². The summed E-state index contributed by atoms with van der Waals surface area (Å²) in [4.78, 5) is 27.6. The zero-order valence-electron chi connectivity index (χ0n) is 22.5. The smallest absolute Gasteiger partial charge is 0.410 e. The number of methoxy groups -OCH3 is 1. The number of ether oxygens (including phenoxy) is 4. The monoisotopic (exact) mass is 509 g/mol. The highest BCUT2D eigenvalue weighted by atomic mass is 16.6. The Hall–Kier alpha value is -3.32. The number of hydrogen-bond donors (Lipinski definition) is 0. The van der Waals surface area contributed by atoms with Crippen LogP contribution in [0.5, 0.6) is 5.75 Å². The van der Waals surface area contributed by atoms with Gasteiger partial charge < -0.3 is 23.8 Å². The number of rotatable bonds is 10. The number of hydrogen-bond acceptors (Lipinski definition) is 6. The van der Waals surface area contributed by atoms with Crippen LogP contribution >= 0.6 is 0 Å². The van der Waals surface area contributed by atoms with E-state index >= 15 is 0 Å². The van der Waals surface area contributed by atoms with Gasteiger partial charge in [-0.05, 0) is 87.1 Å². The van der Waals surface area contributed by atoms with Gasteiger partial charge in [0.25, 0.3) is 0 Å². The summed E-state index contributed by atoms with van der Waals surface area (Å²) in [6.07, 6.45) is 6.18. The normalized spacial score (nSPS) is 17.8. The fourth-order valence-electron chi connectivity index (χ4n) is 4.56. The molecule has 1 saturated heterocycles. The minimum atomic E-state index is -0.624. The Kier molecular flexibility index (Phi) is 9.75. The average Bonchev–Trinajstić information content (AvgIpc) is 2.87. The first-order valence-corrected chi connectivity index (χ1v) is 12.8. The molecule has 0 aliphatic carbocycles. The van der Waals surface area contributed by atoms with Crippen LogP contribution in [-0.4, -0.2) is 55.5 Å². The quantitative estimate of drug-likeness (QED) is 0.204. The third-order valence-corrected chi connectivity index (χ3v) is 6.24. The molecule has 1 aliphatic heterocycles. The number of nitrogens with zero attached hydrogens (tertiary/aromatic N) is 1. The lowest BCUT2D eigenvalue weighted by Crippen LogP contribution is -2.45. The molecule has 1 aliphatic rings. The molecule has 0 saturated carbocycles. The summed E-state index contributed by atoms with van der Waals surface area (Å²) < 4.78 is 22.8. The van der Waals surface area contributed by atoms with Crippen molar-refractivity contribution in [2.75, 3.05) is 26.9 Å². The Balaban J connectivity index is 2.08. The molecule has 7 nitrogen and oxygen atoms in total. The molecule has 3 rings (SSSR count). The maximum atomic E-state index is 13.3. The van der Waals surface area contributed by atoms with E-state index in [4.69, 9.17) is 18.9 Å². The van der Waals surface area contributed by atoms with E-state index < -0.39 is 11.6 Å². The van der Waals surface area contributed by atoms with E-state index in [1.807, 2.05) is 51.1 Å². The van der Waals surface area contributed by atoms with Gasteiger partial charge in [0.2, 0.25) is 0 Å². The van der Waals surface area contributed by atoms with Crippen LogP contribution in [0, 0.1) is 0 Å². The minimum Gasteiger partial charge on any atom is -0.494 e. The summed E-state index contributed by atoms with van der Waals surface area (Å²) in [7, 11) is 1.37. The second-order valence-electron chi connectivity index (χ2n) is 10.1. The summed E-state index contributed by atoms with van der Waals surface area (Å²) in [5.41, 5.74) is 0.733. The van der Waals surface area contributed by atoms with Crippen molar-refractivity contribution in [1.29, 1.82) is 0 Å². The summed E-state index contributed by atoms with van der Waals surface area (Å²) >= 11 is 0. The van der Waals surface area contributed by atoms with Crippen molar-refractivity contribution in [2.45, 2.75) is 64.2 Å². The van der Waals surface area contributed by atoms with Crippen molar-refractivity contribution >= 4 is 22.8 Å². The third kappa shape index (κ3) is 7.35. The number of carbonyl (C=O) groups is 2. The third-order valence-electron chi connectivity index (χ3n) is 6.24. The molecule has 200 valence electrons. The lowest BCUT2D eigenvalue weighted by Gasteiger charge is -2.40. The average molecular weight is 510 g/mol. The molecule has 7 heteroatoms. The van der Waals surface area contributed by atoms with E-state index in [0.717, 1.165) is 29.2 Å². The molecular weight excluding hydrogens is 470 g/mol. The molecule has 0 spiro atoms. The second-order valence-corrected chi connectivity index (χ2v) is 10.1. The fourth-order valence-corrected chi connectivity index (χ4v) is 4.56. The molecule has 1 fully saturated rings. The topological polar surface area (TPSA) is 74.3 Å². The molecule has 0 aromatic heterocycles. The fraction of sp³-hybridized carbons (Fsp3) is 0.467. The zero-order chi connectivity index (χ0) is 27.0. The maximum Gasteiger partial charge on any atom is 0.410 e. The molecular formula is C30H39NO6. The highest BCUT2D eigenvalue weighted by molar-refractivity contribution is 6.06. The van der Waals surface area contributed by atoms with Crippen LogP contribution in [0.4, 0.5) is 4.79 Å². The van der Waals surface area contributed by atoms with Crippen LogP contribution < -0.4 is 4.74 Å². The highest BCUT2D eigenvalue weighted by Crippen LogP contribution is 2.39. The number of piperidine rings is 1. The van der Waals surface area contributed by atoms with Gasteiger partial charge in [0.15, 0.2) is 0 Å². The van der Waals surface area contributed by atoms with Crippen molar-refractivity contribution in [1.82, 2.24) is 4.90 Å². The Labute approximate surface area is 220 Å². The van der Waals surface area contributed by atoms with E-state index in [0.29, 0.717) is 43.9 Å². The zero-order valence-corrected chi connectivity index (χ0v) is 22.5. The molecule has 0 radical (unpaired) electrons. The minimum absolute atomic E-state index is 0.0460. The number of carbonyl (C=O) groups excluding carboxylic acids is 2. The molecule has 1 heterocycles. The SMILES string of the molecule is C=CCCCOc1ccc2c(C(=O)OC)ccc([C@H]3C[C@H](OCC=C)CCN3C(=O)OC(C)(C)C)c2c1. The van der Waals surface area contributed by atoms with Crippen LogP contribution in [0.3, 0.4) is 0 Å². The predicted octanol–water partition coefficient (Wildman–Crippen LogP) is 6.61. The van der Waals surface area contributed by atoms with Crippen molar-refractivity contribution in [3.8, 4) is 5.75 Å². The van der Waals surface area contributed by atoms with Crippen molar-refractivity contribution < 1.29 is 28.5 Å². The van der Waals surface area contributed by atoms with E-state index in [-0.39, 0.29) is 18.2 Å². The number of benzene rings is 2.